The minimum Gasteiger partial charge on any atom is -0.309 e. The zero-order chi connectivity index (χ0) is 20.4. The molecule has 0 unspecified atom stereocenters. The third kappa shape index (κ3) is 3.81. The van der Waals surface area contributed by atoms with Crippen molar-refractivity contribution in [3.05, 3.63) is 60.2 Å². The number of nitrogens with zero attached hydrogens (tertiary/aromatic N) is 2. The summed E-state index contributed by atoms with van der Waals surface area (Å²) in [7, 11) is 0. The molecule has 1 heterocycles. The predicted molar refractivity (Wildman–Crippen MR) is 117 cm³/mol. The van der Waals surface area contributed by atoms with Gasteiger partial charge in [-0.25, -0.2) is 0 Å². The molecule has 29 heavy (non-hydrogen) atoms. The standard InChI is InChI=1S/C25H30N2O2/c1-18-17-24(27(19(2)28)21-13-7-4-8-14-21)22-15-9-10-16-23(22)26(18)25(29)20-11-5-3-6-12-20/h4,7-10,13-16,18,20,24H,3,5-6,11-12,17H2,1-2H3/t18-,24+/m0/s1. The molecule has 0 radical (unpaired) electrons. The van der Waals surface area contributed by atoms with E-state index in [0.717, 1.165) is 49.0 Å². The van der Waals surface area contributed by atoms with Crippen molar-refractivity contribution in [2.75, 3.05) is 9.80 Å². The zero-order valence-electron chi connectivity index (χ0n) is 17.4. The third-order valence-electron chi connectivity index (χ3n) is 6.44. The SMILES string of the molecule is CC(=O)N(c1ccccc1)[C@@H]1C[C@H](C)N(C(=O)C2CCCCC2)c2ccccc21. The second-order valence-electron chi connectivity index (χ2n) is 8.43. The Morgan fingerprint density at radius 3 is 2.28 bits per heavy atom. The van der Waals surface area contributed by atoms with Gasteiger partial charge in [0.05, 0.1) is 6.04 Å². The summed E-state index contributed by atoms with van der Waals surface area (Å²) in [4.78, 5) is 30.0. The molecule has 2 amide bonds. The van der Waals surface area contributed by atoms with E-state index in [1.165, 1.54) is 6.42 Å². The van der Waals surface area contributed by atoms with E-state index in [4.69, 9.17) is 0 Å². The fraction of sp³-hybridized carbons (Fsp3) is 0.440. The fourth-order valence-electron chi connectivity index (χ4n) is 5.08. The van der Waals surface area contributed by atoms with E-state index in [1.807, 2.05) is 58.3 Å². The topological polar surface area (TPSA) is 40.6 Å². The molecule has 152 valence electrons. The summed E-state index contributed by atoms with van der Waals surface area (Å²) in [5, 5.41) is 0. The van der Waals surface area contributed by atoms with E-state index in [0.29, 0.717) is 0 Å². The molecule has 1 aliphatic heterocycles. The summed E-state index contributed by atoms with van der Waals surface area (Å²) in [6.07, 6.45) is 6.27. The molecule has 0 spiro atoms. The lowest BCUT2D eigenvalue weighted by molar-refractivity contribution is -0.123. The number of anilines is 2. The van der Waals surface area contributed by atoms with Crippen LogP contribution in [0.15, 0.2) is 54.6 Å². The van der Waals surface area contributed by atoms with Crippen LogP contribution < -0.4 is 9.80 Å². The first-order valence-electron chi connectivity index (χ1n) is 10.8. The number of para-hydroxylation sites is 2. The van der Waals surface area contributed by atoms with Crippen LogP contribution in [0.2, 0.25) is 0 Å². The van der Waals surface area contributed by atoms with E-state index >= 15 is 0 Å². The van der Waals surface area contributed by atoms with Gasteiger partial charge >= 0.3 is 0 Å². The molecular formula is C25H30N2O2. The van der Waals surface area contributed by atoms with Crippen LogP contribution in [-0.4, -0.2) is 17.9 Å². The summed E-state index contributed by atoms with van der Waals surface area (Å²) >= 11 is 0. The normalized spacial score (nSPS) is 22.1. The monoisotopic (exact) mass is 390 g/mol. The van der Waals surface area contributed by atoms with Crippen molar-refractivity contribution >= 4 is 23.2 Å². The largest absolute Gasteiger partial charge is 0.309 e. The van der Waals surface area contributed by atoms with Gasteiger partial charge in [-0.1, -0.05) is 55.7 Å². The summed E-state index contributed by atoms with van der Waals surface area (Å²) in [6.45, 7) is 3.74. The van der Waals surface area contributed by atoms with Crippen molar-refractivity contribution in [3.63, 3.8) is 0 Å². The first-order valence-corrected chi connectivity index (χ1v) is 10.8. The Kier molecular flexibility index (Phi) is 5.70. The van der Waals surface area contributed by atoms with E-state index < -0.39 is 0 Å². The van der Waals surface area contributed by atoms with Gasteiger partial charge < -0.3 is 9.80 Å². The van der Waals surface area contributed by atoms with Gasteiger partial charge in [0, 0.05) is 30.3 Å². The molecule has 4 rings (SSSR count). The summed E-state index contributed by atoms with van der Waals surface area (Å²) in [6, 6.07) is 17.9. The number of amides is 2. The van der Waals surface area contributed by atoms with E-state index in [9.17, 15) is 9.59 Å². The molecule has 2 aromatic rings. The second kappa shape index (κ2) is 8.40. The van der Waals surface area contributed by atoms with Gasteiger partial charge in [-0.3, -0.25) is 9.59 Å². The Balaban J connectivity index is 1.72. The highest BCUT2D eigenvalue weighted by molar-refractivity contribution is 5.98. The number of carbonyl (C=O) groups is 2. The molecule has 4 heteroatoms. The maximum Gasteiger partial charge on any atom is 0.230 e. The molecule has 0 aromatic heterocycles. The molecule has 0 bridgehead atoms. The zero-order valence-corrected chi connectivity index (χ0v) is 17.4. The van der Waals surface area contributed by atoms with Crippen LogP contribution >= 0.6 is 0 Å². The first-order chi connectivity index (χ1) is 14.1. The Labute approximate surface area is 173 Å². The van der Waals surface area contributed by atoms with Crippen LogP contribution in [0.4, 0.5) is 11.4 Å². The van der Waals surface area contributed by atoms with Crippen molar-refractivity contribution in [2.24, 2.45) is 5.92 Å². The smallest absolute Gasteiger partial charge is 0.230 e. The van der Waals surface area contributed by atoms with E-state index in [-0.39, 0.29) is 29.8 Å². The van der Waals surface area contributed by atoms with Gasteiger partial charge in [-0.2, -0.15) is 0 Å². The highest BCUT2D eigenvalue weighted by atomic mass is 16.2. The van der Waals surface area contributed by atoms with Gasteiger partial charge in [0.25, 0.3) is 0 Å². The lowest BCUT2D eigenvalue weighted by atomic mass is 9.85. The van der Waals surface area contributed by atoms with Gasteiger partial charge in [0.1, 0.15) is 0 Å². The molecule has 2 aromatic carbocycles. The quantitative estimate of drug-likeness (QED) is 0.696. The number of fused-ring (bicyclic) bond motifs is 1. The number of hydrogen-bond donors (Lipinski definition) is 0. The van der Waals surface area contributed by atoms with Gasteiger partial charge in [0.2, 0.25) is 11.8 Å². The molecule has 1 fully saturated rings. The Morgan fingerprint density at radius 2 is 1.59 bits per heavy atom. The Bertz CT molecular complexity index is 873. The molecule has 0 saturated heterocycles. The third-order valence-corrected chi connectivity index (χ3v) is 6.44. The molecule has 1 saturated carbocycles. The number of hydrogen-bond acceptors (Lipinski definition) is 2. The van der Waals surface area contributed by atoms with Gasteiger partial charge in [-0.05, 0) is 49.9 Å². The van der Waals surface area contributed by atoms with Crippen LogP contribution in [0.5, 0.6) is 0 Å². The lowest BCUT2D eigenvalue weighted by Gasteiger charge is -2.44. The van der Waals surface area contributed by atoms with Crippen molar-refractivity contribution in [3.8, 4) is 0 Å². The highest BCUT2D eigenvalue weighted by Gasteiger charge is 2.39. The van der Waals surface area contributed by atoms with Crippen molar-refractivity contribution in [1.29, 1.82) is 0 Å². The predicted octanol–water partition coefficient (Wildman–Crippen LogP) is 5.49. The molecule has 0 N–H and O–H groups in total. The van der Waals surface area contributed by atoms with Crippen LogP contribution in [-0.2, 0) is 9.59 Å². The Morgan fingerprint density at radius 1 is 0.931 bits per heavy atom. The van der Waals surface area contributed by atoms with Crippen LogP contribution in [0.3, 0.4) is 0 Å². The van der Waals surface area contributed by atoms with E-state index in [2.05, 4.69) is 13.0 Å². The van der Waals surface area contributed by atoms with Gasteiger partial charge in [-0.15, -0.1) is 0 Å². The maximum absolute atomic E-state index is 13.5. The minimum atomic E-state index is -0.0727. The minimum absolute atomic E-state index is 0.0234. The average molecular weight is 391 g/mol. The highest BCUT2D eigenvalue weighted by Crippen LogP contribution is 2.43. The maximum atomic E-state index is 13.5. The summed E-state index contributed by atoms with van der Waals surface area (Å²) in [5.74, 6) is 0.418. The van der Waals surface area contributed by atoms with Gasteiger partial charge in [0.15, 0.2) is 0 Å². The van der Waals surface area contributed by atoms with Crippen LogP contribution in [0.1, 0.15) is 64.0 Å². The van der Waals surface area contributed by atoms with Crippen LogP contribution in [0.25, 0.3) is 0 Å². The van der Waals surface area contributed by atoms with E-state index in [1.54, 1.807) is 6.92 Å². The number of rotatable bonds is 3. The van der Waals surface area contributed by atoms with Crippen molar-refractivity contribution < 1.29 is 9.59 Å². The summed E-state index contributed by atoms with van der Waals surface area (Å²) < 4.78 is 0. The second-order valence-corrected chi connectivity index (χ2v) is 8.43. The molecular weight excluding hydrogens is 360 g/mol. The first kappa shape index (κ1) is 19.7. The Hall–Kier alpha value is -2.62. The van der Waals surface area contributed by atoms with Crippen molar-refractivity contribution in [2.45, 2.75) is 64.5 Å². The molecule has 2 atom stereocenters. The molecule has 2 aliphatic rings. The average Bonchev–Trinajstić information content (AvgIpc) is 2.75. The molecule has 4 nitrogen and oxygen atoms in total. The summed E-state index contributed by atoms with van der Waals surface area (Å²) in [5.41, 5.74) is 2.93. The fourth-order valence-corrected chi connectivity index (χ4v) is 5.08. The van der Waals surface area contributed by atoms with Crippen molar-refractivity contribution in [1.82, 2.24) is 0 Å². The number of benzene rings is 2. The molecule has 1 aliphatic carbocycles. The lowest BCUT2D eigenvalue weighted by Crippen LogP contribution is -2.49. The number of carbonyl (C=O) groups excluding carboxylic acids is 2. The van der Waals surface area contributed by atoms with Crippen LogP contribution in [0, 0.1) is 5.92 Å².